The standard InChI is InChI=1S/C28H33N3O/c1-4-13-24(14-5-1)23-32-30-28-21-12-16-25(28)15-10-11-22-29-31(26-17-6-2-7-18-26)27-19-8-3-9-20-27/h1-9,13-14,17-20,22,25,28,30H,10-12,15-16,21,23H2/b29-22+/t25-,28+/m0/s1. The van der Waals surface area contributed by atoms with Gasteiger partial charge in [0.2, 0.25) is 0 Å². The summed E-state index contributed by atoms with van der Waals surface area (Å²) < 4.78 is 0. The van der Waals surface area contributed by atoms with Gasteiger partial charge in [0.15, 0.2) is 0 Å². The van der Waals surface area contributed by atoms with Gasteiger partial charge >= 0.3 is 0 Å². The fraction of sp³-hybridized carbons (Fsp3) is 0.321. The maximum atomic E-state index is 5.81. The summed E-state index contributed by atoms with van der Waals surface area (Å²) in [4.78, 5) is 5.81. The molecule has 1 N–H and O–H groups in total. The quantitative estimate of drug-likeness (QED) is 0.206. The van der Waals surface area contributed by atoms with Crippen LogP contribution in [0.1, 0.15) is 44.1 Å². The predicted molar refractivity (Wildman–Crippen MR) is 133 cm³/mol. The summed E-state index contributed by atoms with van der Waals surface area (Å²) >= 11 is 0. The van der Waals surface area contributed by atoms with Crippen LogP contribution >= 0.6 is 0 Å². The molecule has 4 heteroatoms. The van der Waals surface area contributed by atoms with E-state index in [0.717, 1.165) is 24.2 Å². The van der Waals surface area contributed by atoms with Gasteiger partial charge in [0.05, 0.1) is 18.0 Å². The Labute approximate surface area is 191 Å². The Bertz CT molecular complexity index is 891. The average molecular weight is 428 g/mol. The second kappa shape index (κ2) is 12.2. The molecule has 4 nitrogen and oxygen atoms in total. The fourth-order valence-electron chi connectivity index (χ4n) is 4.38. The van der Waals surface area contributed by atoms with E-state index in [1.165, 1.54) is 31.2 Å². The van der Waals surface area contributed by atoms with Gasteiger partial charge in [-0.1, -0.05) is 73.2 Å². The van der Waals surface area contributed by atoms with Crippen molar-refractivity contribution in [2.24, 2.45) is 11.0 Å². The van der Waals surface area contributed by atoms with Crippen molar-refractivity contribution < 1.29 is 4.84 Å². The first-order valence-electron chi connectivity index (χ1n) is 11.7. The minimum atomic E-state index is 0.459. The zero-order valence-corrected chi connectivity index (χ0v) is 18.6. The van der Waals surface area contributed by atoms with Crippen LogP contribution < -0.4 is 10.5 Å². The molecule has 1 saturated carbocycles. The molecule has 3 aromatic carbocycles. The highest BCUT2D eigenvalue weighted by molar-refractivity contribution is 5.67. The van der Waals surface area contributed by atoms with Gasteiger partial charge in [-0.15, -0.1) is 0 Å². The topological polar surface area (TPSA) is 36.9 Å². The summed E-state index contributed by atoms with van der Waals surface area (Å²) in [6.07, 6.45) is 9.14. The van der Waals surface area contributed by atoms with Crippen molar-refractivity contribution in [2.45, 2.75) is 51.2 Å². The highest BCUT2D eigenvalue weighted by atomic mass is 16.6. The molecule has 4 rings (SSSR count). The van der Waals surface area contributed by atoms with Crippen LogP contribution in [-0.4, -0.2) is 12.3 Å². The van der Waals surface area contributed by atoms with Gasteiger partial charge in [-0.25, -0.2) is 5.01 Å². The number of nitrogens with one attached hydrogen (secondary N) is 1. The van der Waals surface area contributed by atoms with Gasteiger partial charge in [-0.3, -0.25) is 4.84 Å². The lowest BCUT2D eigenvalue weighted by molar-refractivity contribution is -0.00592. The largest absolute Gasteiger partial charge is 0.297 e. The number of hydrogen-bond acceptors (Lipinski definition) is 4. The molecular weight excluding hydrogens is 394 g/mol. The summed E-state index contributed by atoms with van der Waals surface area (Å²) in [6.45, 7) is 0.617. The fourth-order valence-corrected chi connectivity index (χ4v) is 4.38. The Hall–Kier alpha value is -2.95. The number of benzene rings is 3. The zero-order chi connectivity index (χ0) is 21.8. The molecule has 1 fully saturated rings. The highest BCUT2D eigenvalue weighted by Crippen LogP contribution is 2.30. The number of nitrogens with zero attached hydrogens (tertiary/aromatic N) is 2. The van der Waals surface area contributed by atoms with E-state index in [9.17, 15) is 0 Å². The van der Waals surface area contributed by atoms with Crippen LogP contribution in [0.15, 0.2) is 96.1 Å². The minimum Gasteiger partial charge on any atom is -0.297 e. The van der Waals surface area contributed by atoms with Crippen molar-refractivity contribution in [1.29, 1.82) is 0 Å². The van der Waals surface area contributed by atoms with Gasteiger partial charge in [0.1, 0.15) is 0 Å². The Morgan fingerprint density at radius 2 is 1.47 bits per heavy atom. The highest BCUT2D eigenvalue weighted by Gasteiger charge is 2.26. The number of hydrogen-bond donors (Lipinski definition) is 1. The molecule has 3 aromatic rings. The van der Waals surface area contributed by atoms with Gasteiger partial charge in [-0.2, -0.15) is 10.6 Å². The number of hydroxylamine groups is 1. The third kappa shape index (κ3) is 6.52. The van der Waals surface area contributed by atoms with Crippen LogP contribution in [0.4, 0.5) is 11.4 Å². The first-order chi connectivity index (χ1) is 15.9. The number of rotatable bonds is 11. The smallest absolute Gasteiger partial charge is 0.0933 e. The van der Waals surface area contributed by atoms with Gasteiger partial charge in [0.25, 0.3) is 0 Å². The molecule has 2 atom stereocenters. The summed E-state index contributed by atoms with van der Waals surface area (Å²) in [5, 5.41) is 6.81. The molecule has 1 aliphatic carbocycles. The monoisotopic (exact) mass is 427 g/mol. The van der Waals surface area contributed by atoms with E-state index in [2.05, 4.69) is 60.2 Å². The average Bonchev–Trinajstić information content (AvgIpc) is 3.30. The Balaban J connectivity index is 1.24. The molecule has 0 aromatic heterocycles. The van der Waals surface area contributed by atoms with Gasteiger partial charge in [-0.05, 0) is 67.9 Å². The Morgan fingerprint density at radius 1 is 0.844 bits per heavy atom. The maximum absolute atomic E-state index is 5.81. The molecule has 0 saturated heterocycles. The normalized spacial score (nSPS) is 18.2. The van der Waals surface area contributed by atoms with Crippen LogP contribution in [-0.2, 0) is 11.4 Å². The zero-order valence-electron chi connectivity index (χ0n) is 18.6. The number of hydrazone groups is 1. The van der Waals surface area contributed by atoms with E-state index in [-0.39, 0.29) is 0 Å². The van der Waals surface area contributed by atoms with Crippen LogP contribution in [0.25, 0.3) is 0 Å². The van der Waals surface area contributed by atoms with E-state index in [1.807, 2.05) is 47.5 Å². The minimum absolute atomic E-state index is 0.459. The number of unbranched alkanes of at least 4 members (excludes halogenated alkanes) is 1. The molecule has 32 heavy (non-hydrogen) atoms. The van der Waals surface area contributed by atoms with Crippen molar-refractivity contribution in [3.05, 3.63) is 96.6 Å². The number of anilines is 2. The molecule has 0 spiro atoms. The SMILES string of the molecule is C(/CCC[C@H]1CCC[C@H]1NOCc1ccccc1)=N\N(c1ccccc1)c1ccccc1. The summed E-state index contributed by atoms with van der Waals surface area (Å²) in [5.74, 6) is 0.679. The number of para-hydroxylation sites is 2. The van der Waals surface area contributed by atoms with E-state index < -0.39 is 0 Å². The van der Waals surface area contributed by atoms with E-state index in [0.29, 0.717) is 18.6 Å². The molecule has 0 bridgehead atoms. The molecule has 0 unspecified atom stereocenters. The molecule has 0 aliphatic heterocycles. The molecule has 0 heterocycles. The summed E-state index contributed by atoms with van der Waals surface area (Å²) in [6, 6.07) is 31.4. The third-order valence-corrected chi connectivity index (χ3v) is 6.08. The van der Waals surface area contributed by atoms with E-state index >= 15 is 0 Å². The van der Waals surface area contributed by atoms with Gasteiger partial charge < -0.3 is 0 Å². The second-order valence-electron chi connectivity index (χ2n) is 8.40. The van der Waals surface area contributed by atoms with Gasteiger partial charge in [0, 0.05) is 12.3 Å². The Morgan fingerprint density at radius 3 is 2.12 bits per heavy atom. The van der Waals surface area contributed by atoms with E-state index in [1.54, 1.807) is 0 Å². The molecule has 0 radical (unpaired) electrons. The lowest BCUT2D eigenvalue weighted by Crippen LogP contribution is -2.32. The molecule has 166 valence electrons. The summed E-state index contributed by atoms with van der Waals surface area (Å²) in [5.41, 5.74) is 6.69. The van der Waals surface area contributed by atoms with Crippen molar-refractivity contribution >= 4 is 17.6 Å². The molecule has 0 amide bonds. The second-order valence-corrected chi connectivity index (χ2v) is 8.40. The molecule has 1 aliphatic rings. The lowest BCUT2D eigenvalue weighted by Gasteiger charge is -2.21. The van der Waals surface area contributed by atoms with Crippen LogP contribution in [0, 0.1) is 5.92 Å². The summed E-state index contributed by atoms with van der Waals surface area (Å²) in [7, 11) is 0. The van der Waals surface area contributed by atoms with Crippen LogP contribution in [0.5, 0.6) is 0 Å². The molecular formula is C28H33N3O. The van der Waals surface area contributed by atoms with Crippen molar-refractivity contribution in [1.82, 2.24) is 5.48 Å². The lowest BCUT2D eigenvalue weighted by atomic mass is 9.97. The Kier molecular flexibility index (Phi) is 8.47. The maximum Gasteiger partial charge on any atom is 0.0933 e. The predicted octanol–water partition coefficient (Wildman–Crippen LogP) is 6.87. The van der Waals surface area contributed by atoms with Crippen molar-refractivity contribution in [3.8, 4) is 0 Å². The van der Waals surface area contributed by atoms with E-state index in [4.69, 9.17) is 9.94 Å². The van der Waals surface area contributed by atoms with Crippen LogP contribution in [0.2, 0.25) is 0 Å². The first kappa shape index (κ1) is 22.3. The van der Waals surface area contributed by atoms with Crippen molar-refractivity contribution in [2.75, 3.05) is 5.01 Å². The van der Waals surface area contributed by atoms with Crippen molar-refractivity contribution in [3.63, 3.8) is 0 Å². The van der Waals surface area contributed by atoms with Crippen LogP contribution in [0.3, 0.4) is 0 Å². The first-order valence-corrected chi connectivity index (χ1v) is 11.7. The third-order valence-electron chi connectivity index (χ3n) is 6.08.